The highest BCUT2D eigenvalue weighted by atomic mass is 16.5. The molecule has 0 fully saturated rings. The van der Waals surface area contributed by atoms with Crippen LogP contribution in [0.25, 0.3) is 5.65 Å². The van der Waals surface area contributed by atoms with Gasteiger partial charge in [0.2, 0.25) is 0 Å². The van der Waals surface area contributed by atoms with Crippen molar-refractivity contribution in [3.8, 4) is 5.75 Å². The van der Waals surface area contributed by atoms with Crippen LogP contribution in [0.2, 0.25) is 0 Å². The Morgan fingerprint density at radius 3 is 2.70 bits per heavy atom. The van der Waals surface area contributed by atoms with Gasteiger partial charge in [-0.25, -0.2) is 4.98 Å². The normalized spacial score (nSPS) is 10.7. The van der Waals surface area contributed by atoms with Crippen molar-refractivity contribution in [3.63, 3.8) is 0 Å². The van der Waals surface area contributed by atoms with Crippen LogP contribution in [0.3, 0.4) is 0 Å². The first-order valence-corrected chi connectivity index (χ1v) is 6.39. The van der Waals surface area contributed by atoms with Crippen LogP contribution in [-0.2, 0) is 6.61 Å². The highest BCUT2D eigenvalue weighted by Gasteiger charge is 2.03. The highest BCUT2D eigenvalue weighted by Crippen LogP contribution is 2.14. The summed E-state index contributed by atoms with van der Waals surface area (Å²) in [6.45, 7) is 1.95. The molecule has 0 aliphatic rings. The van der Waals surface area contributed by atoms with Gasteiger partial charge in [0.25, 0.3) is 0 Å². The molecule has 0 unspecified atom stereocenters. The lowest BCUT2D eigenvalue weighted by atomic mass is 10.1. The van der Waals surface area contributed by atoms with Crippen LogP contribution in [0.1, 0.15) is 23.0 Å². The smallest absolute Gasteiger partial charge is 0.159 e. The predicted molar refractivity (Wildman–Crippen MR) is 76.0 cm³/mol. The third-order valence-corrected chi connectivity index (χ3v) is 3.06. The van der Waals surface area contributed by atoms with Crippen LogP contribution in [-0.4, -0.2) is 15.2 Å². The second-order valence-electron chi connectivity index (χ2n) is 4.57. The molecule has 0 saturated carbocycles. The van der Waals surface area contributed by atoms with Crippen molar-refractivity contribution in [2.24, 2.45) is 0 Å². The average Bonchev–Trinajstić information content (AvgIpc) is 2.88. The minimum absolute atomic E-state index is 0.0527. The molecule has 0 amide bonds. The Balaban J connectivity index is 1.71. The Morgan fingerprint density at radius 1 is 1.20 bits per heavy atom. The first-order chi connectivity index (χ1) is 9.72. The average molecular weight is 266 g/mol. The Bertz CT molecular complexity index is 712. The summed E-state index contributed by atoms with van der Waals surface area (Å²) in [5, 5.41) is 0. The number of hydrogen-bond donors (Lipinski definition) is 0. The lowest BCUT2D eigenvalue weighted by Crippen LogP contribution is -1.96. The molecule has 0 atom stereocenters. The second-order valence-corrected chi connectivity index (χ2v) is 4.57. The van der Waals surface area contributed by atoms with Gasteiger partial charge in [-0.15, -0.1) is 0 Å². The third-order valence-electron chi connectivity index (χ3n) is 3.06. The topological polar surface area (TPSA) is 43.6 Å². The number of carbonyl (C=O) groups excluding carboxylic acids is 1. The molecule has 4 heteroatoms. The molecular weight excluding hydrogens is 252 g/mol. The minimum Gasteiger partial charge on any atom is -0.487 e. The molecule has 0 spiro atoms. The van der Waals surface area contributed by atoms with Crippen molar-refractivity contribution in [1.82, 2.24) is 9.38 Å². The van der Waals surface area contributed by atoms with Crippen LogP contribution >= 0.6 is 0 Å². The van der Waals surface area contributed by atoms with E-state index in [4.69, 9.17) is 4.74 Å². The van der Waals surface area contributed by atoms with E-state index in [-0.39, 0.29) is 5.78 Å². The summed E-state index contributed by atoms with van der Waals surface area (Å²) in [6, 6.07) is 13.0. The van der Waals surface area contributed by atoms with E-state index in [0.29, 0.717) is 12.2 Å². The van der Waals surface area contributed by atoms with E-state index in [1.54, 1.807) is 31.2 Å². The molecule has 0 aliphatic heterocycles. The third kappa shape index (κ3) is 2.54. The zero-order valence-electron chi connectivity index (χ0n) is 11.1. The number of rotatable bonds is 4. The Labute approximate surface area is 116 Å². The molecule has 1 aromatic carbocycles. The van der Waals surface area contributed by atoms with Gasteiger partial charge in [0.15, 0.2) is 5.78 Å². The number of aromatic nitrogens is 2. The van der Waals surface area contributed by atoms with E-state index in [1.165, 1.54) is 0 Å². The van der Waals surface area contributed by atoms with Crippen molar-refractivity contribution in [1.29, 1.82) is 0 Å². The maximum absolute atomic E-state index is 11.2. The zero-order valence-corrected chi connectivity index (χ0v) is 11.1. The predicted octanol–water partition coefficient (Wildman–Crippen LogP) is 3.12. The molecule has 3 aromatic rings. The number of ketones is 1. The number of carbonyl (C=O) groups is 1. The maximum Gasteiger partial charge on any atom is 0.159 e. The quantitative estimate of drug-likeness (QED) is 0.681. The molecule has 100 valence electrons. The summed E-state index contributed by atoms with van der Waals surface area (Å²) >= 11 is 0. The largest absolute Gasteiger partial charge is 0.487 e. The fourth-order valence-electron chi connectivity index (χ4n) is 2.00. The summed E-state index contributed by atoms with van der Waals surface area (Å²) in [7, 11) is 0. The van der Waals surface area contributed by atoms with Gasteiger partial charge in [-0.1, -0.05) is 6.07 Å². The number of nitrogens with zero attached hydrogens (tertiary/aromatic N) is 2. The van der Waals surface area contributed by atoms with E-state index in [1.807, 2.05) is 35.0 Å². The summed E-state index contributed by atoms with van der Waals surface area (Å²) in [5.74, 6) is 0.781. The standard InChI is InChI=1S/C16H14N2O2/c1-12(19)13-5-7-15(8-6-13)20-11-14-10-18-9-3-2-4-16(18)17-14/h2-10H,11H2,1H3. The molecule has 20 heavy (non-hydrogen) atoms. The van der Waals surface area contributed by atoms with Crippen molar-refractivity contribution in [3.05, 3.63) is 66.1 Å². The van der Waals surface area contributed by atoms with Gasteiger partial charge < -0.3 is 9.14 Å². The number of Topliss-reactive ketones (excluding diaryl/α,β-unsaturated/α-hetero) is 1. The Kier molecular flexibility index (Phi) is 3.21. The van der Waals surface area contributed by atoms with Crippen molar-refractivity contribution in [2.45, 2.75) is 13.5 Å². The van der Waals surface area contributed by atoms with E-state index >= 15 is 0 Å². The van der Waals surface area contributed by atoms with Gasteiger partial charge >= 0.3 is 0 Å². The van der Waals surface area contributed by atoms with Crippen LogP contribution < -0.4 is 4.74 Å². The molecule has 0 bridgehead atoms. The highest BCUT2D eigenvalue weighted by molar-refractivity contribution is 5.94. The molecule has 0 N–H and O–H groups in total. The second kappa shape index (κ2) is 5.17. The van der Waals surface area contributed by atoms with Crippen molar-refractivity contribution >= 4 is 11.4 Å². The SMILES string of the molecule is CC(=O)c1ccc(OCc2cn3ccccc3n2)cc1. The van der Waals surface area contributed by atoms with E-state index < -0.39 is 0 Å². The number of benzene rings is 1. The fraction of sp³-hybridized carbons (Fsp3) is 0.125. The van der Waals surface area contributed by atoms with Crippen LogP contribution in [0, 0.1) is 0 Å². The maximum atomic E-state index is 11.2. The monoisotopic (exact) mass is 266 g/mol. The number of hydrogen-bond acceptors (Lipinski definition) is 3. The molecule has 0 saturated heterocycles. The van der Waals surface area contributed by atoms with E-state index in [2.05, 4.69) is 4.98 Å². The van der Waals surface area contributed by atoms with E-state index in [9.17, 15) is 4.79 Å². The van der Waals surface area contributed by atoms with Gasteiger partial charge in [-0.2, -0.15) is 0 Å². The Hall–Kier alpha value is -2.62. The van der Waals surface area contributed by atoms with Crippen molar-refractivity contribution in [2.75, 3.05) is 0 Å². The first-order valence-electron chi connectivity index (χ1n) is 6.39. The first kappa shape index (κ1) is 12.4. The summed E-state index contributed by atoms with van der Waals surface area (Å²) in [4.78, 5) is 15.6. The minimum atomic E-state index is 0.0527. The molecule has 4 nitrogen and oxygen atoms in total. The summed E-state index contributed by atoms with van der Waals surface area (Å²) in [6.07, 6.45) is 3.90. The molecular formula is C16H14N2O2. The molecule has 0 radical (unpaired) electrons. The van der Waals surface area contributed by atoms with Gasteiger partial charge in [0.05, 0.1) is 5.69 Å². The van der Waals surface area contributed by atoms with Crippen LogP contribution in [0.4, 0.5) is 0 Å². The number of fused-ring (bicyclic) bond motifs is 1. The van der Waals surface area contributed by atoms with Crippen LogP contribution in [0.15, 0.2) is 54.9 Å². The van der Waals surface area contributed by atoms with E-state index in [0.717, 1.165) is 17.1 Å². The molecule has 2 aromatic heterocycles. The zero-order chi connectivity index (χ0) is 13.9. The van der Waals surface area contributed by atoms with Crippen molar-refractivity contribution < 1.29 is 9.53 Å². The molecule has 0 aliphatic carbocycles. The number of ether oxygens (including phenoxy) is 1. The summed E-state index contributed by atoms with van der Waals surface area (Å²) < 4.78 is 7.63. The molecule has 2 heterocycles. The lowest BCUT2D eigenvalue weighted by Gasteiger charge is -2.04. The number of pyridine rings is 1. The van der Waals surface area contributed by atoms with Gasteiger partial charge in [-0.05, 0) is 43.3 Å². The van der Waals surface area contributed by atoms with Crippen LogP contribution in [0.5, 0.6) is 5.75 Å². The van der Waals surface area contributed by atoms with Gasteiger partial charge in [0, 0.05) is 18.0 Å². The Morgan fingerprint density at radius 2 is 2.00 bits per heavy atom. The summed E-state index contributed by atoms with van der Waals surface area (Å²) in [5.41, 5.74) is 2.45. The fourth-order valence-corrected chi connectivity index (χ4v) is 2.00. The lowest BCUT2D eigenvalue weighted by molar-refractivity contribution is 0.101. The van der Waals surface area contributed by atoms with Gasteiger partial charge in [-0.3, -0.25) is 4.79 Å². The van der Waals surface area contributed by atoms with Gasteiger partial charge in [0.1, 0.15) is 18.0 Å². The molecule has 3 rings (SSSR count). The number of imidazole rings is 1.